The van der Waals surface area contributed by atoms with Gasteiger partial charge in [0.2, 0.25) is 10.0 Å². The van der Waals surface area contributed by atoms with Crippen molar-refractivity contribution in [3.8, 4) is 5.75 Å². The lowest BCUT2D eigenvalue weighted by Crippen LogP contribution is -2.33. The highest BCUT2D eigenvalue weighted by molar-refractivity contribution is 7.89. The molecule has 0 aliphatic heterocycles. The number of nitrogens with one attached hydrogen (secondary N) is 1. The second-order valence-electron chi connectivity index (χ2n) is 7.74. The molecule has 0 aliphatic rings. The van der Waals surface area contributed by atoms with E-state index in [4.69, 9.17) is 4.74 Å². The van der Waals surface area contributed by atoms with Crippen molar-refractivity contribution in [3.63, 3.8) is 0 Å². The molecule has 0 atom stereocenters. The van der Waals surface area contributed by atoms with Gasteiger partial charge in [-0.1, -0.05) is 48.5 Å². The highest BCUT2D eigenvalue weighted by Crippen LogP contribution is 2.18. The number of amides is 1. The van der Waals surface area contributed by atoms with Gasteiger partial charge in [0.15, 0.2) is 0 Å². The van der Waals surface area contributed by atoms with Crippen molar-refractivity contribution in [1.82, 2.24) is 9.62 Å². The van der Waals surface area contributed by atoms with E-state index in [-0.39, 0.29) is 23.4 Å². The molecule has 3 aromatic rings. The van der Waals surface area contributed by atoms with E-state index in [9.17, 15) is 13.2 Å². The molecule has 0 fully saturated rings. The van der Waals surface area contributed by atoms with Gasteiger partial charge in [-0.15, -0.1) is 0 Å². The SMILES string of the molecule is CC(C)N(C)S(=O)(=O)c1ccc(CNC(=O)c2cccc(OCc3ccccc3)c2)cc1. The summed E-state index contributed by atoms with van der Waals surface area (Å²) >= 11 is 0. The zero-order valence-electron chi connectivity index (χ0n) is 18.5. The Morgan fingerprint density at radius 3 is 2.28 bits per heavy atom. The maximum atomic E-state index is 12.6. The third-order valence-corrected chi connectivity index (χ3v) is 7.17. The summed E-state index contributed by atoms with van der Waals surface area (Å²) in [6, 6.07) is 23.2. The third-order valence-electron chi connectivity index (χ3n) is 5.13. The molecular formula is C25H28N2O4S. The molecule has 168 valence electrons. The lowest BCUT2D eigenvalue weighted by molar-refractivity contribution is 0.0950. The van der Waals surface area contributed by atoms with E-state index in [2.05, 4.69) is 5.32 Å². The Morgan fingerprint density at radius 1 is 0.938 bits per heavy atom. The number of nitrogens with zero attached hydrogens (tertiary/aromatic N) is 1. The van der Waals surface area contributed by atoms with Crippen molar-refractivity contribution < 1.29 is 17.9 Å². The summed E-state index contributed by atoms with van der Waals surface area (Å²) in [4.78, 5) is 12.8. The molecule has 3 aromatic carbocycles. The highest BCUT2D eigenvalue weighted by Gasteiger charge is 2.22. The quantitative estimate of drug-likeness (QED) is 0.527. The first-order valence-corrected chi connectivity index (χ1v) is 11.8. The fourth-order valence-electron chi connectivity index (χ4n) is 2.98. The molecule has 0 bridgehead atoms. The minimum absolute atomic E-state index is 0.133. The average Bonchev–Trinajstić information content (AvgIpc) is 2.81. The second-order valence-corrected chi connectivity index (χ2v) is 9.74. The molecule has 6 nitrogen and oxygen atoms in total. The monoisotopic (exact) mass is 452 g/mol. The lowest BCUT2D eigenvalue weighted by atomic mass is 10.2. The summed E-state index contributed by atoms with van der Waals surface area (Å²) in [7, 11) is -1.97. The Hall–Kier alpha value is -3.16. The number of carbonyl (C=O) groups excluding carboxylic acids is 1. The van der Waals surface area contributed by atoms with Gasteiger partial charge in [-0.2, -0.15) is 4.31 Å². The predicted octanol–water partition coefficient (Wildman–Crippen LogP) is 4.22. The first-order chi connectivity index (χ1) is 15.3. The van der Waals surface area contributed by atoms with Crippen molar-refractivity contribution in [2.75, 3.05) is 7.05 Å². The molecular weight excluding hydrogens is 424 g/mol. The summed E-state index contributed by atoms with van der Waals surface area (Å²) in [5.41, 5.74) is 2.35. The Labute approximate surface area is 189 Å². The molecule has 0 heterocycles. The van der Waals surface area contributed by atoms with Gasteiger partial charge >= 0.3 is 0 Å². The Balaban J connectivity index is 1.59. The summed E-state index contributed by atoms with van der Waals surface area (Å²) in [5.74, 6) is 0.386. The van der Waals surface area contributed by atoms with Crippen LogP contribution in [-0.4, -0.2) is 31.7 Å². The van der Waals surface area contributed by atoms with E-state index < -0.39 is 10.0 Å². The number of hydrogen-bond donors (Lipinski definition) is 1. The standard InChI is InChI=1S/C25H28N2O4S/c1-19(2)27(3)32(29,30)24-14-12-20(13-15-24)17-26-25(28)22-10-7-11-23(16-22)31-18-21-8-5-4-6-9-21/h4-16,19H,17-18H2,1-3H3,(H,26,28). The maximum absolute atomic E-state index is 12.6. The topological polar surface area (TPSA) is 75.7 Å². The molecule has 0 spiro atoms. The Kier molecular flexibility index (Phi) is 7.66. The van der Waals surface area contributed by atoms with Gasteiger partial charge in [-0.25, -0.2) is 8.42 Å². The van der Waals surface area contributed by atoms with Crippen molar-refractivity contribution in [1.29, 1.82) is 0 Å². The molecule has 0 saturated heterocycles. The molecule has 0 aliphatic carbocycles. The molecule has 1 N–H and O–H groups in total. The summed E-state index contributed by atoms with van der Waals surface area (Å²) < 4.78 is 32.2. The summed E-state index contributed by atoms with van der Waals surface area (Å²) in [5, 5.41) is 2.86. The van der Waals surface area contributed by atoms with Gasteiger partial charge in [-0.05, 0) is 55.3 Å². The first kappa shape index (κ1) is 23.5. The van der Waals surface area contributed by atoms with Gasteiger partial charge in [-0.3, -0.25) is 4.79 Å². The van der Waals surface area contributed by atoms with Crippen LogP contribution in [0.3, 0.4) is 0 Å². The van der Waals surface area contributed by atoms with Crippen LogP contribution in [0.4, 0.5) is 0 Å². The van der Waals surface area contributed by atoms with E-state index in [1.807, 2.05) is 50.2 Å². The van der Waals surface area contributed by atoms with Gasteiger partial charge in [0.05, 0.1) is 4.90 Å². The van der Waals surface area contributed by atoms with Crippen LogP contribution in [0.2, 0.25) is 0 Å². The van der Waals surface area contributed by atoms with Crippen LogP contribution in [0.1, 0.15) is 35.3 Å². The Bertz CT molecular complexity index is 1140. The molecule has 7 heteroatoms. The van der Waals surface area contributed by atoms with Gasteiger partial charge in [0.25, 0.3) is 5.91 Å². The van der Waals surface area contributed by atoms with Gasteiger partial charge in [0.1, 0.15) is 12.4 Å². The molecule has 0 unspecified atom stereocenters. The van der Waals surface area contributed by atoms with E-state index in [1.165, 1.54) is 4.31 Å². The molecule has 32 heavy (non-hydrogen) atoms. The van der Waals surface area contributed by atoms with Crippen LogP contribution in [0.15, 0.2) is 83.8 Å². The van der Waals surface area contributed by atoms with Crippen LogP contribution in [0.25, 0.3) is 0 Å². The average molecular weight is 453 g/mol. The first-order valence-electron chi connectivity index (χ1n) is 10.4. The van der Waals surface area contributed by atoms with E-state index in [1.54, 1.807) is 49.5 Å². The predicted molar refractivity (Wildman–Crippen MR) is 125 cm³/mol. The zero-order valence-corrected chi connectivity index (χ0v) is 19.3. The largest absolute Gasteiger partial charge is 0.489 e. The molecule has 1 amide bonds. The molecule has 0 saturated carbocycles. The highest BCUT2D eigenvalue weighted by atomic mass is 32.2. The van der Waals surface area contributed by atoms with Crippen molar-refractivity contribution in [2.24, 2.45) is 0 Å². The van der Waals surface area contributed by atoms with E-state index in [0.717, 1.165) is 11.1 Å². The number of ether oxygens (including phenoxy) is 1. The number of sulfonamides is 1. The van der Waals surface area contributed by atoms with E-state index in [0.29, 0.717) is 17.9 Å². The zero-order chi connectivity index (χ0) is 23.1. The summed E-state index contributed by atoms with van der Waals surface area (Å²) in [6.07, 6.45) is 0. The minimum Gasteiger partial charge on any atom is -0.489 e. The van der Waals surface area contributed by atoms with Crippen LogP contribution < -0.4 is 10.1 Å². The van der Waals surface area contributed by atoms with Crippen molar-refractivity contribution in [2.45, 2.75) is 37.9 Å². The minimum atomic E-state index is -3.53. The fourth-order valence-corrected chi connectivity index (χ4v) is 4.34. The van der Waals surface area contributed by atoms with E-state index >= 15 is 0 Å². The van der Waals surface area contributed by atoms with Gasteiger partial charge in [0, 0.05) is 25.2 Å². The van der Waals surface area contributed by atoms with Crippen LogP contribution >= 0.6 is 0 Å². The molecule has 0 radical (unpaired) electrons. The van der Waals surface area contributed by atoms with Crippen LogP contribution in [0, 0.1) is 0 Å². The van der Waals surface area contributed by atoms with Crippen molar-refractivity contribution in [3.05, 3.63) is 95.6 Å². The normalized spacial score (nSPS) is 11.5. The smallest absolute Gasteiger partial charge is 0.251 e. The van der Waals surface area contributed by atoms with Gasteiger partial charge < -0.3 is 10.1 Å². The third kappa shape index (κ3) is 5.96. The summed E-state index contributed by atoms with van der Waals surface area (Å²) in [6.45, 7) is 4.35. The van der Waals surface area contributed by atoms with Crippen LogP contribution in [0.5, 0.6) is 5.75 Å². The number of benzene rings is 3. The lowest BCUT2D eigenvalue weighted by Gasteiger charge is -2.21. The Morgan fingerprint density at radius 2 is 1.62 bits per heavy atom. The molecule has 3 rings (SSSR count). The second kappa shape index (κ2) is 10.4. The fraction of sp³-hybridized carbons (Fsp3) is 0.240. The number of rotatable bonds is 9. The number of hydrogen-bond acceptors (Lipinski definition) is 4. The number of carbonyl (C=O) groups is 1. The molecule has 0 aromatic heterocycles. The van der Waals surface area contributed by atoms with Crippen molar-refractivity contribution >= 4 is 15.9 Å². The van der Waals surface area contributed by atoms with Crippen LogP contribution in [-0.2, 0) is 23.2 Å². The maximum Gasteiger partial charge on any atom is 0.251 e.